The second-order valence-corrected chi connectivity index (χ2v) is 9.38. The second kappa shape index (κ2) is 7.89. The van der Waals surface area contributed by atoms with E-state index in [0.29, 0.717) is 18.4 Å². The summed E-state index contributed by atoms with van der Waals surface area (Å²) >= 11 is 0. The number of carbonyl (C=O) groups is 2. The first kappa shape index (κ1) is 20.6. The van der Waals surface area contributed by atoms with E-state index in [1.54, 1.807) is 6.20 Å². The Hall–Kier alpha value is -2.63. The molecule has 1 aliphatic carbocycles. The molecule has 1 saturated carbocycles. The number of aromatic nitrogens is 2. The lowest BCUT2D eigenvalue weighted by Gasteiger charge is -2.38. The number of Topliss-reactive ketones (excluding diaryl/α,β-unsaturated/α-hetero) is 1. The molecule has 1 unspecified atom stereocenters. The lowest BCUT2D eigenvalue weighted by atomic mass is 9.70. The summed E-state index contributed by atoms with van der Waals surface area (Å²) in [7, 11) is 1.42. The van der Waals surface area contributed by atoms with Gasteiger partial charge < -0.3 is 10.1 Å². The van der Waals surface area contributed by atoms with Gasteiger partial charge in [0.2, 0.25) is 0 Å². The number of esters is 1. The number of fused-ring (bicyclic) bond motifs is 1. The lowest BCUT2D eigenvalue weighted by Crippen LogP contribution is -2.39. The summed E-state index contributed by atoms with van der Waals surface area (Å²) in [6.07, 6.45) is 7.13. The van der Waals surface area contributed by atoms with Gasteiger partial charge >= 0.3 is 5.97 Å². The van der Waals surface area contributed by atoms with Crippen molar-refractivity contribution in [3.63, 3.8) is 0 Å². The van der Waals surface area contributed by atoms with Crippen molar-refractivity contribution in [3.8, 4) is 0 Å². The molecule has 0 saturated heterocycles. The molecule has 2 aromatic rings. The number of methoxy groups -OCH3 is 1. The Morgan fingerprint density at radius 2 is 1.87 bits per heavy atom. The number of carbonyl (C=O) groups excluding carboxylic acids is 2. The minimum absolute atomic E-state index is 0.0411. The average Bonchev–Trinajstić information content (AvgIpc) is 3.19. The van der Waals surface area contributed by atoms with Crippen LogP contribution in [-0.4, -0.2) is 28.6 Å². The van der Waals surface area contributed by atoms with Crippen molar-refractivity contribution in [2.75, 3.05) is 12.4 Å². The van der Waals surface area contributed by atoms with E-state index < -0.39 is 5.41 Å². The molecule has 30 heavy (non-hydrogen) atoms. The third-order valence-electron chi connectivity index (χ3n) is 6.79. The molecular weight excluding hydrogens is 378 g/mol. The van der Waals surface area contributed by atoms with E-state index in [2.05, 4.69) is 36.4 Å². The minimum atomic E-state index is -0.706. The summed E-state index contributed by atoms with van der Waals surface area (Å²) in [6.45, 7) is 4.29. The fraction of sp³-hybridized carbons (Fsp3) is 0.542. The molecule has 1 aromatic heterocycles. The summed E-state index contributed by atoms with van der Waals surface area (Å²) in [6, 6.07) is 10.4. The maximum atomic E-state index is 13.4. The van der Waals surface area contributed by atoms with Crippen molar-refractivity contribution in [1.82, 2.24) is 9.78 Å². The van der Waals surface area contributed by atoms with E-state index in [9.17, 15) is 9.59 Å². The average molecular weight is 410 g/mol. The molecule has 6 heteroatoms. The van der Waals surface area contributed by atoms with Crippen LogP contribution in [0.2, 0.25) is 0 Å². The smallest absolute Gasteiger partial charge is 0.312 e. The Bertz CT molecular complexity index is 926. The minimum Gasteiger partial charge on any atom is -0.469 e. The Balaban J connectivity index is 1.64. The van der Waals surface area contributed by atoms with Crippen LogP contribution in [0.3, 0.4) is 0 Å². The maximum absolute atomic E-state index is 13.4. The molecule has 1 N–H and O–H groups in total. The molecular formula is C24H31N3O3. The Kier molecular flexibility index (Phi) is 5.43. The third kappa shape index (κ3) is 3.64. The van der Waals surface area contributed by atoms with Gasteiger partial charge in [0.25, 0.3) is 0 Å². The zero-order chi connectivity index (χ0) is 21.4. The van der Waals surface area contributed by atoms with Gasteiger partial charge in [0.05, 0.1) is 35.9 Å². The van der Waals surface area contributed by atoms with Crippen LogP contribution in [-0.2, 0) is 15.1 Å². The molecule has 160 valence electrons. The number of rotatable bonds is 5. The summed E-state index contributed by atoms with van der Waals surface area (Å²) in [4.78, 5) is 26.0. The normalized spacial score (nSPS) is 21.9. The number of benzene rings is 1. The zero-order valence-corrected chi connectivity index (χ0v) is 18.1. The molecule has 1 aromatic carbocycles. The highest BCUT2D eigenvalue weighted by molar-refractivity contribution is 6.02. The number of nitrogens with zero attached hydrogens (tertiary/aromatic N) is 2. The van der Waals surface area contributed by atoms with Crippen molar-refractivity contribution in [2.45, 2.75) is 70.4 Å². The Morgan fingerprint density at radius 3 is 2.53 bits per heavy atom. The largest absolute Gasteiger partial charge is 0.469 e. The molecule has 0 radical (unpaired) electrons. The van der Waals surface area contributed by atoms with Gasteiger partial charge in [-0.1, -0.05) is 49.6 Å². The quantitative estimate of drug-likeness (QED) is 0.563. The molecule has 1 fully saturated rings. The van der Waals surface area contributed by atoms with E-state index in [1.807, 2.05) is 22.9 Å². The number of ketones is 1. The summed E-state index contributed by atoms with van der Waals surface area (Å²) in [5, 5.41) is 8.11. The molecule has 6 nitrogen and oxygen atoms in total. The third-order valence-corrected chi connectivity index (χ3v) is 6.79. The van der Waals surface area contributed by atoms with Crippen LogP contribution in [0, 0.1) is 5.41 Å². The lowest BCUT2D eigenvalue weighted by molar-refractivity contribution is -0.154. The summed E-state index contributed by atoms with van der Waals surface area (Å²) in [5.41, 5.74) is 0.819. The SMILES string of the molecule is COC(=O)C1(CC(=O)c2cnn3c2NC(c2ccccc2)CC3(C)C)CCCCC1. The van der Waals surface area contributed by atoms with E-state index in [4.69, 9.17) is 4.74 Å². The van der Waals surface area contributed by atoms with Gasteiger partial charge in [-0.3, -0.25) is 9.59 Å². The summed E-state index contributed by atoms with van der Waals surface area (Å²) in [5.74, 6) is 0.452. The molecule has 2 aliphatic rings. The van der Waals surface area contributed by atoms with Crippen LogP contribution < -0.4 is 5.32 Å². The van der Waals surface area contributed by atoms with Gasteiger partial charge in [-0.05, 0) is 38.7 Å². The van der Waals surface area contributed by atoms with Crippen LogP contribution in [0.15, 0.2) is 36.5 Å². The predicted molar refractivity (Wildman–Crippen MR) is 115 cm³/mol. The van der Waals surface area contributed by atoms with Gasteiger partial charge in [-0.25, -0.2) is 4.68 Å². The fourth-order valence-electron chi connectivity index (χ4n) is 5.14. The second-order valence-electron chi connectivity index (χ2n) is 9.38. The Labute approximate surface area is 178 Å². The van der Waals surface area contributed by atoms with Crippen molar-refractivity contribution < 1.29 is 14.3 Å². The molecule has 4 rings (SSSR count). The van der Waals surface area contributed by atoms with Crippen molar-refractivity contribution in [2.24, 2.45) is 5.41 Å². The first-order valence-corrected chi connectivity index (χ1v) is 10.9. The summed E-state index contributed by atoms with van der Waals surface area (Å²) < 4.78 is 7.03. The van der Waals surface area contributed by atoms with Crippen molar-refractivity contribution in [1.29, 1.82) is 0 Å². The Morgan fingerprint density at radius 1 is 1.17 bits per heavy atom. The number of anilines is 1. The highest BCUT2D eigenvalue weighted by atomic mass is 16.5. The standard InChI is InChI=1S/C24H31N3O3/c1-23(2)14-19(17-10-6-4-7-11-17)26-21-18(16-25-27(21)23)20(28)15-24(22(29)30-3)12-8-5-9-13-24/h4,6-7,10-11,16,19,26H,5,8-9,12-15H2,1-3H3. The van der Waals surface area contributed by atoms with E-state index in [-0.39, 0.29) is 29.8 Å². The molecule has 2 heterocycles. The van der Waals surface area contributed by atoms with E-state index in [0.717, 1.165) is 31.5 Å². The van der Waals surface area contributed by atoms with Crippen LogP contribution in [0.4, 0.5) is 5.82 Å². The first-order chi connectivity index (χ1) is 14.4. The molecule has 1 aliphatic heterocycles. The topological polar surface area (TPSA) is 73.2 Å². The monoisotopic (exact) mass is 409 g/mol. The van der Waals surface area contributed by atoms with Gasteiger partial charge in [0.15, 0.2) is 5.78 Å². The number of hydrogen-bond donors (Lipinski definition) is 1. The van der Waals surface area contributed by atoms with Gasteiger partial charge in [0.1, 0.15) is 5.82 Å². The zero-order valence-electron chi connectivity index (χ0n) is 18.1. The first-order valence-electron chi connectivity index (χ1n) is 10.9. The molecule has 1 atom stereocenters. The van der Waals surface area contributed by atoms with E-state index >= 15 is 0 Å². The maximum Gasteiger partial charge on any atom is 0.312 e. The molecule has 0 bridgehead atoms. The van der Waals surface area contributed by atoms with Crippen LogP contribution in [0.1, 0.15) is 80.8 Å². The molecule has 0 amide bonds. The van der Waals surface area contributed by atoms with Crippen molar-refractivity contribution >= 4 is 17.6 Å². The highest BCUT2D eigenvalue weighted by Gasteiger charge is 2.44. The fourth-order valence-corrected chi connectivity index (χ4v) is 5.14. The van der Waals surface area contributed by atoms with Crippen LogP contribution in [0.25, 0.3) is 0 Å². The van der Waals surface area contributed by atoms with E-state index in [1.165, 1.54) is 12.7 Å². The van der Waals surface area contributed by atoms with Gasteiger partial charge in [-0.2, -0.15) is 5.10 Å². The van der Waals surface area contributed by atoms with Crippen molar-refractivity contribution in [3.05, 3.63) is 47.7 Å². The number of hydrogen-bond acceptors (Lipinski definition) is 5. The number of ether oxygens (including phenoxy) is 1. The van der Waals surface area contributed by atoms with Crippen LogP contribution >= 0.6 is 0 Å². The predicted octanol–water partition coefficient (Wildman–Crippen LogP) is 4.87. The van der Waals surface area contributed by atoms with Gasteiger partial charge in [-0.15, -0.1) is 0 Å². The molecule has 0 spiro atoms. The van der Waals surface area contributed by atoms with Gasteiger partial charge in [0, 0.05) is 6.42 Å². The highest BCUT2D eigenvalue weighted by Crippen LogP contribution is 2.44. The number of nitrogens with one attached hydrogen (secondary N) is 1. The van der Waals surface area contributed by atoms with Crippen LogP contribution in [0.5, 0.6) is 0 Å².